The average molecular weight is 661 g/mol. The molecular formula is C34H25F5N6O3. The Morgan fingerprint density at radius 3 is 2.33 bits per heavy atom. The van der Waals surface area contributed by atoms with Crippen LogP contribution >= 0.6 is 0 Å². The summed E-state index contributed by atoms with van der Waals surface area (Å²) in [6.07, 6.45) is 0.575. The fraction of sp³-hybridized carbons (Fsp3) is 0.206. The highest BCUT2D eigenvalue weighted by atomic mass is 19.4. The Morgan fingerprint density at radius 2 is 1.60 bits per heavy atom. The van der Waals surface area contributed by atoms with Crippen molar-refractivity contribution < 1.29 is 26.7 Å². The number of fused-ring (bicyclic) bond motifs is 2. The van der Waals surface area contributed by atoms with Gasteiger partial charge in [-0.05, 0) is 79.3 Å². The van der Waals surface area contributed by atoms with Crippen LogP contribution in [0.1, 0.15) is 47.8 Å². The number of hydrogen-bond donors (Lipinski definition) is 1. The fourth-order valence-corrected chi connectivity index (χ4v) is 6.23. The average Bonchev–Trinajstić information content (AvgIpc) is 3.49. The lowest BCUT2D eigenvalue weighted by Crippen LogP contribution is -2.45. The van der Waals surface area contributed by atoms with Gasteiger partial charge in [-0.15, -0.1) is 0 Å². The molecule has 2 aromatic carbocycles. The number of alkyl halides is 3. The van der Waals surface area contributed by atoms with Crippen molar-refractivity contribution in [2.45, 2.75) is 43.9 Å². The molecule has 9 nitrogen and oxygen atoms in total. The van der Waals surface area contributed by atoms with Crippen LogP contribution in [-0.2, 0) is 6.18 Å². The number of carbonyl (C=O) groups is 1. The molecule has 0 bridgehead atoms. The number of aromatic nitrogens is 5. The third kappa shape index (κ3) is 5.73. The van der Waals surface area contributed by atoms with Gasteiger partial charge in [0.2, 0.25) is 0 Å². The Kier molecular flexibility index (Phi) is 7.65. The number of hydrogen-bond acceptors (Lipinski definition) is 5. The molecule has 4 heterocycles. The summed E-state index contributed by atoms with van der Waals surface area (Å²) >= 11 is 0. The largest absolute Gasteiger partial charge is 0.416 e. The highest BCUT2D eigenvalue weighted by Crippen LogP contribution is 2.32. The van der Waals surface area contributed by atoms with Crippen molar-refractivity contribution in [3.63, 3.8) is 0 Å². The van der Waals surface area contributed by atoms with Crippen molar-refractivity contribution in [3.8, 4) is 16.8 Å². The third-order valence-corrected chi connectivity index (χ3v) is 8.59. The highest BCUT2D eigenvalue weighted by molar-refractivity contribution is 5.93. The first-order chi connectivity index (χ1) is 23.0. The smallest absolute Gasteiger partial charge is 0.348 e. The molecule has 0 spiro atoms. The number of halogens is 5. The Morgan fingerprint density at radius 1 is 0.854 bits per heavy atom. The molecule has 1 fully saturated rings. The molecule has 1 amide bonds. The van der Waals surface area contributed by atoms with Crippen molar-refractivity contribution in [2.75, 3.05) is 0 Å². The Labute approximate surface area is 267 Å². The molecule has 4 aromatic heterocycles. The van der Waals surface area contributed by atoms with Gasteiger partial charge in [0.05, 0.1) is 22.8 Å². The Bertz CT molecular complexity index is 2320. The summed E-state index contributed by atoms with van der Waals surface area (Å²) in [5, 5.41) is 2.80. The monoisotopic (exact) mass is 660 g/mol. The molecule has 1 aliphatic carbocycles. The molecule has 0 saturated heterocycles. The van der Waals surface area contributed by atoms with Crippen molar-refractivity contribution in [3.05, 3.63) is 129 Å². The quantitative estimate of drug-likeness (QED) is 0.226. The zero-order chi connectivity index (χ0) is 33.7. The van der Waals surface area contributed by atoms with Crippen LogP contribution in [0.15, 0.2) is 94.9 Å². The minimum absolute atomic E-state index is 0.0690. The molecule has 1 N–H and O–H groups in total. The van der Waals surface area contributed by atoms with Gasteiger partial charge in [-0.2, -0.15) is 13.2 Å². The number of benzene rings is 2. The normalized spacial score (nSPS) is 16.8. The van der Waals surface area contributed by atoms with E-state index in [4.69, 9.17) is 0 Å². The molecule has 7 rings (SSSR count). The minimum atomic E-state index is -4.50. The molecule has 0 atom stereocenters. The van der Waals surface area contributed by atoms with Gasteiger partial charge in [-0.3, -0.25) is 14.2 Å². The molecule has 0 aliphatic heterocycles. The maximum atomic E-state index is 14.4. The van der Waals surface area contributed by atoms with E-state index in [1.54, 1.807) is 24.3 Å². The van der Waals surface area contributed by atoms with Gasteiger partial charge in [0, 0.05) is 24.5 Å². The molecule has 1 saturated carbocycles. The van der Waals surface area contributed by atoms with Crippen LogP contribution in [0, 0.1) is 11.6 Å². The number of nitrogens with one attached hydrogen (secondary N) is 1. The van der Waals surface area contributed by atoms with Crippen LogP contribution < -0.4 is 16.6 Å². The summed E-state index contributed by atoms with van der Waals surface area (Å²) in [5.74, 6) is -1.68. The summed E-state index contributed by atoms with van der Waals surface area (Å²) in [6.45, 7) is 0. The molecule has 14 heteroatoms. The molecular weight excluding hydrogens is 635 g/mol. The highest BCUT2D eigenvalue weighted by Gasteiger charge is 2.31. The predicted molar refractivity (Wildman–Crippen MR) is 166 cm³/mol. The minimum Gasteiger partial charge on any atom is -0.348 e. The van der Waals surface area contributed by atoms with E-state index < -0.39 is 46.6 Å². The Hall–Kier alpha value is -5.66. The number of amides is 1. The number of rotatable bonds is 5. The predicted octanol–water partition coefficient (Wildman–Crippen LogP) is 6.07. The van der Waals surface area contributed by atoms with Crippen molar-refractivity contribution >= 4 is 22.6 Å². The summed E-state index contributed by atoms with van der Waals surface area (Å²) < 4.78 is 71.0. The van der Waals surface area contributed by atoms with Crippen LogP contribution in [-0.4, -0.2) is 35.5 Å². The van der Waals surface area contributed by atoms with Gasteiger partial charge in [0.15, 0.2) is 5.65 Å². The lowest BCUT2D eigenvalue weighted by molar-refractivity contribution is -0.137. The van der Waals surface area contributed by atoms with E-state index in [0.717, 1.165) is 29.0 Å². The van der Waals surface area contributed by atoms with E-state index in [-0.39, 0.29) is 28.5 Å². The standard InChI is InChI=1S/C34H25F5N6O3/c35-22-8-13-29-42-28(18-43(29)17-22)31(46)41-24-9-11-25(12-10-24)45-32(47)27-15-23(36)16-40-30(27)44(33(45)48)26-3-1-2-20(14-26)19-4-6-21(7-5-19)34(37,38)39/h1-8,13-18,24-25H,9-12H2,(H,41,46)/t24-,25+. The summed E-state index contributed by atoms with van der Waals surface area (Å²) in [7, 11) is 0. The van der Waals surface area contributed by atoms with Crippen LogP contribution in [0.25, 0.3) is 33.5 Å². The van der Waals surface area contributed by atoms with Crippen LogP contribution in [0.2, 0.25) is 0 Å². The van der Waals surface area contributed by atoms with Gasteiger partial charge in [-0.25, -0.2) is 28.1 Å². The number of carbonyl (C=O) groups excluding carboxylic acids is 1. The molecule has 0 radical (unpaired) electrons. The van der Waals surface area contributed by atoms with Gasteiger partial charge in [-0.1, -0.05) is 24.3 Å². The molecule has 0 unspecified atom stereocenters. The summed E-state index contributed by atoms with van der Waals surface area (Å²) in [6, 6.07) is 13.9. The van der Waals surface area contributed by atoms with Gasteiger partial charge < -0.3 is 9.72 Å². The van der Waals surface area contributed by atoms with Gasteiger partial charge in [0.25, 0.3) is 11.5 Å². The van der Waals surface area contributed by atoms with Crippen molar-refractivity contribution in [1.82, 2.24) is 28.8 Å². The zero-order valence-corrected chi connectivity index (χ0v) is 24.9. The van der Waals surface area contributed by atoms with Crippen LogP contribution in [0.4, 0.5) is 22.0 Å². The zero-order valence-electron chi connectivity index (χ0n) is 24.9. The van der Waals surface area contributed by atoms with Gasteiger partial charge >= 0.3 is 11.9 Å². The first kappa shape index (κ1) is 31.0. The first-order valence-electron chi connectivity index (χ1n) is 15.0. The van der Waals surface area contributed by atoms with E-state index >= 15 is 0 Å². The van der Waals surface area contributed by atoms with E-state index in [0.29, 0.717) is 42.5 Å². The third-order valence-electron chi connectivity index (χ3n) is 8.59. The van der Waals surface area contributed by atoms with Crippen LogP contribution in [0.3, 0.4) is 0 Å². The van der Waals surface area contributed by atoms with Crippen molar-refractivity contribution in [1.29, 1.82) is 0 Å². The lowest BCUT2D eigenvalue weighted by atomic mass is 9.90. The fourth-order valence-electron chi connectivity index (χ4n) is 6.23. The molecule has 1 aliphatic rings. The second-order valence-corrected chi connectivity index (χ2v) is 11.7. The van der Waals surface area contributed by atoms with E-state index in [1.165, 1.54) is 45.6 Å². The SMILES string of the molecule is O=C(N[C@H]1CC[C@@H](n2c(=O)c3cc(F)cnc3n(-c3cccc(-c4ccc(C(F)(F)F)cc4)c3)c2=O)CC1)c1cn2cc(F)ccc2n1. The summed E-state index contributed by atoms with van der Waals surface area (Å²) in [4.78, 5) is 49.0. The van der Waals surface area contributed by atoms with E-state index in [9.17, 15) is 36.3 Å². The van der Waals surface area contributed by atoms with E-state index in [2.05, 4.69) is 15.3 Å². The molecule has 6 aromatic rings. The topological polar surface area (TPSA) is 103 Å². The Balaban J connectivity index is 1.19. The molecule has 244 valence electrons. The van der Waals surface area contributed by atoms with Gasteiger partial charge in [0.1, 0.15) is 23.0 Å². The van der Waals surface area contributed by atoms with Crippen LogP contribution in [0.5, 0.6) is 0 Å². The number of pyridine rings is 2. The number of imidazole rings is 1. The number of nitrogens with zero attached hydrogens (tertiary/aromatic N) is 5. The second-order valence-electron chi connectivity index (χ2n) is 11.7. The second kappa shape index (κ2) is 11.9. The van der Waals surface area contributed by atoms with E-state index in [1.807, 2.05) is 0 Å². The van der Waals surface area contributed by atoms with Crippen molar-refractivity contribution in [2.24, 2.45) is 0 Å². The summed E-state index contributed by atoms with van der Waals surface area (Å²) in [5.41, 5.74) is -0.508. The maximum absolute atomic E-state index is 14.4. The maximum Gasteiger partial charge on any atom is 0.416 e. The lowest BCUT2D eigenvalue weighted by Gasteiger charge is -2.30. The molecule has 48 heavy (non-hydrogen) atoms. The first-order valence-corrected chi connectivity index (χ1v) is 15.0.